The molecule has 1 aromatic rings. The van der Waals surface area contributed by atoms with Gasteiger partial charge in [-0.1, -0.05) is 32.0 Å². The van der Waals surface area contributed by atoms with E-state index in [0.717, 1.165) is 0 Å². The summed E-state index contributed by atoms with van der Waals surface area (Å²) in [5.74, 6) is -0.0197. The molecule has 1 aliphatic rings. The Labute approximate surface area is 101 Å². The first kappa shape index (κ1) is 11.8. The number of benzene rings is 1. The number of amides is 2. The van der Waals surface area contributed by atoms with Crippen molar-refractivity contribution < 1.29 is 9.59 Å². The maximum atomic E-state index is 12.4. The minimum Gasteiger partial charge on any atom is -0.274 e. The summed E-state index contributed by atoms with van der Waals surface area (Å²) in [6, 6.07) is 9.13. The molecular formula is C14H17NO2. The van der Waals surface area contributed by atoms with E-state index in [1.54, 1.807) is 12.1 Å². The van der Waals surface area contributed by atoms with Crippen LogP contribution in [0.3, 0.4) is 0 Å². The van der Waals surface area contributed by atoms with Crippen LogP contribution in [0.4, 0.5) is 5.69 Å². The van der Waals surface area contributed by atoms with Gasteiger partial charge in [0.1, 0.15) is 0 Å². The van der Waals surface area contributed by atoms with Crippen molar-refractivity contribution in [2.75, 3.05) is 4.90 Å². The minimum atomic E-state index is -0.563. The summed E-state index contributed by atoms with van der Waals surface area (Å²) in [7, 11) is 0. The average Bonchev–Trinajstić information content (AvgIpc) is 2.52. The van der Waals surface area contributed by atoms with Crippen LogP contribution in [0.15, 0.2) is 30.3 Å². The van der Waals surface area contributed by atoms with Crippen LogP contribution in [0.2, 0.25) is 0 Å². The van der Waals surface area contributed by atoms with E-state index in [1.807, 2.05) is 39.0 Å². The molecule has 0 unspecified atom stereocenters. The van der Waals surface area contributed by atoms with Gasteiger partial charge in [0.15, 0.2) is 0 Å². The van der Waals surface area contributed by atoms with Crippen molar-refractivity contribution in [2.45, 2.75) is 27.2 Å². The van der Waals surface area contributed by atoms with Crippen molar-refractivity contribution in [3.8, 4) is 0 Å². The molecule has 1 heterocycles. The Balaban J connectivity index is 2.39. The summed E-state index contributed by atoms with van der Waals surface area (Å²) in [5, 5.41) is 0. The molecule has 3 heteroatoms. The predicted molar refractivity (Wildman–Crippen MR) is 66.5 cm³/mol. The molecule has 1 atom stereocenters. The van der Waals surface area contributed by atoms with Gasteiger partial charge < -0.3 is 0 Å². The van der Waals surface area contributed by atoms with Crippen LogP contribution in [0.25, 0.3) is 0 Å². The second-order valence-corrected chi connectivity index (χ2v) is 5.12. The number of anilines is 1. The molecule has 90 valence electrons. The average molecular weight is 231 g/mol. The summed E-state index contributed by atoms with van der Waals surface area (Å²) in [6.07, 6.45) is 0.304. The predicted octanol–water partition coefficient (Wildman–Crippen LogP) is 2.61. The normalized spacial score (nSPS) is 24.8. The van der Waals surface area contributed by atoms with Gasteiger partial charge in [-0.25, -0.2) is 0 Å². The Bertz CT molecular complexity index is 453. The Kier molecular flexibility index (Phi) is 2.77. The number of carbonyl (C=O) groups is 2. The maximum absolute atomic E-state index is 12.4. The molecule has 17 heavy (non-hydrogen) atoms. The van der Waals surface area contributed by atoms with Crippen molar-refractivity contribution in [1.29, 1.82) is 0 Å². The Morgan fingerprint density at radius 2 is 1.76 bits per heavy atom. The molecule has 0 radical (unpaired) electrons. The monoisotopic (exact) mass is 231 g/mol. The number of rotatable bonds is 2. The maximum Gasteiger partial charge on any atom is 0.240 e. The van der Waals surface area contributed by atoms with Crippen LogP contribution in [-0.4, -0.2) is 11.8 Å². The van der Waals surface area contributed by atoms with Crippen molar-refractivity contribution in [3.63, 3.8) is 0 Å². The minimum absolute atomic E-state index is 0.0799. The summed E-state index contributed by atoms with van der Waals surface area (Å²) < 4.78 is 0. The second kappa shape index (κ2) is 3.99. The third kappa shape index (κ3) is 1.75. The van der Waals surface area contributed by atoms with Gasteiger partial charge in [0.2, 0.25) is 11.8 Å². The van der Waals surface area contributed by atoms with E-state index in [1.165, 1.54) is 4.90 Å². The third-order valence-corrected chi connectivity index (χ3v) is 3.75. The van der Waals surface area contributed by atoms with Gasteiger partial charge in [0, 0.05) is 6.42 Å². The van der Waals surface area contributed by atoms with Gasteiger partial charge in [-0.05, 0) is 25.0 Å². The zero-order valence-corrected chi connectivity index (χ0v) is 10.4. The summed E-state index contributed by atoms with van der Waals surface area (Å²) >= 11 is 0. The van der Waals surface area contributed by atoms with Crippen LogP contribution in [0, 0.1) is 11.3 Å². The fourth-order valence-corrected chi connectivity index (χ4v) is 2.13. The van der Waals surface area contributed by atoms with Crippen LogP contribution < -0.4 is 4.90 Å². The second-order valence-electron chi connectivity index (χ2n) is 5.12. The molecule has 1 aliphatic heterocycles. The van der Waals surface area contributed by atoms with E-state index in [0.29, 0.717) is 12.1 Å². The molecule has 2 rings (SSSR count). The van der Waals surface area contributed by atoms with Crippen molar-refractivity contribution in [1.82, 2.24) is 0 Å². The van der Waals surface area contributed by atoms with E-state index in [-0.39, 0.29) is 17.7 Å². The largest absolute Gasteiger partial charge is 0.274 e. The van der Waals surface area contributed by atoms with Crippen LogP contribution in [0.1, 0.15) is 27.2 Å². The topological polar surface area (TPSA) is 37.4 Å². The number of hydrogen-bond acceptors (Lipinski definition) is 2. The highest BCUT2D eigenvalue weighted by Crippen LogP contribution is 2.40. The SMILES string of the molecule is CC(C)[C@@]1(C)CC(=O)N(c2ccccc2)C1=O. The highest BCUT2D eigenvalue weighted by molar-refractivity contribution is 6.22. The Morgan fingerprint density at radius 3 is 2.24 bits per heavy atom. The molecule has 0 spiro atoms. The molecule has 2 amide bonds. The zero-order valence-electron chi connectivity index (χ0n) is 10.4. The van der Waals surface area contributed by atoms with Crippen LogP contribution >= 0.6 is 0 Å². The number of hydrogen-bond donors (Lipinski definition) is 0. The molecule has 0 aliphatic carbocycles. The first-order valence-corrected chi connectivity index (χ1v) is 5.89. The van der Waals surface area contributed by atoms with E-state index in [9.17, 15) is 9.59 Å². The fraction of sp³-hybridized carbons (Fsp3) is 0.429. The van der Waals surface area contributed by atoms with Gasteiger partial charge in [0.05, 0.1) is 11.1 Å². The molecular weight excluding hydrogens is 214 g/mol. The molecule has 0 saturated carbocycles. The van der Waals surface area contributed by atoms with Crippen molar-refractivity contribution in [2.24, 2.45) is 11.3 Å². The lowest BCUT2D eigenvalue weighted by molar-refractivity contribution is -0.126. The molecule has 1 fully saturated rings. The molecule has 0 bridgehead atoms. The Morgan fingerprint density at radius 1 is 1.18 bits per heavy atom. The van der Waals surface area contributed by atoms with E-state index in [4.69, 9.17) is 0 Å². The van der Waals surface area contributed by atoms with Gasteiger partial charge in [-0.15, -0.1) is 0 Å². The molecule has 0 N–H and O–H groups in total. The van der Waals surface area contributed by atoms with Gasteiger partial charge >= 0.3 is 0 Å². The molecule has 0 aromatic heterocycles. The highest BCUT2D eigenvalue weighted by atomic mass is 16.2. The summed E-state index contributed by atoms with van der Waals surface area (Å²) in [4.78, 5) is 25.7. The first-order chi connectivity index (χ1) is 7.97. The van der Waals surface area contributed by atoms with Crippen molar-refractivity contribution in [3.05, 3.63) is 30.3 Å². The zero-order chi connectivity index (χ0) is 12.6. The fourth-order valence-electron chi connectivity index (χ4n) is 2.13. The van der Waals surface area contributed by atoms with E-state index in [2.05, 4.69) is 0 Å². The first-order valence-electron chi connectivity index (χ1n) is 5.89. The third-order valence-electron chi connectivity index (χ3n) is 3.75. The van der Waals surface area contributed by atoms with E-state index < -0.39 is 5.41 Å². The van der Waals surface area contributed by atoms with Crippen LogP contribution in [-0.2, 0) is 9.59 Å². The lowest BCUT2D eigenvalue weighted by Crippen LogP contribution is -2.36. The number of imide groups is 1. The summed E-state index contributed by atoms with van der Waals surface area (Å²) in [5.41, 5.74) is 0.110. The molecule has 1 saturated heterocycles. The molecule has 1 aromatic carbocycles. The van der Waals surface area contributed by atoms with Gasteiger partial charge in [-0.2, -0.15) is 0 Å². The lowest BCUT2D eigenvalue weighted by atomic mass is 9.78. The Hall–Kier alpha value is -1.64. The smallest absolute Gasteiger partial charge is 0.240 e. The quantitative estimate of drug-likeness (QED) is 0.734. The number of nitrogens with zero attached hydrogens (tertiary/aromatic N) is 1. The van der Waals surface area contributed by atoms with Gasteiger partial charge in [0.25, 0.3) is 0 Å². The number of para-hydroxylation sites is 1. The number of carbonyl (C=O) groups excluding carboxylic acids is 2. The van der Waals surface area contributed by atoms with Crippen molar-refractivity contribution >= 4 is 17.5 Å². The highest BCUT2D eigenvalue weighted by Gasteiger charge is 2.50. The lowest BCUT2D eigenvalue weighted by Gasteiger charge is -2.25. The summed E-state index contributed by atoms with van der Waals surface area (Å²) in [6.45, 7) is 5.85. The van der Waals surface area contributed by atoms with Crippen LogP contribution in [0.5, 0.6) is 0 Å². The molecule has 3 nitrogen and oxygen atoms in total. The standard InChI is InChI=1S/C14H17NO2/c1-10(2)14(3)9-12(16)15(13(14)17)11-7-5-4-6-8-11/h4-8,10H,9H2,1-3H3/t14-/m1/s1. The van der Waals surface area contributed by atoms with Gasteiger partial charge in [-0.3, -0.25) is 14.5 Å². The van der Waals surface area contributed by atoms with E-state index >= 15 is 0 Å².